The Morgan fingerprint density at radius 2 is 1.63 bits per heavy atom. The molecule has 1 aromatic carbocycles. The maximum absolute atomic E-state index is 13.0. The summed E-state index contributed by atoms with van der Waals surface area (Å²) in [5.41, 5.74) is 2.57. The molecule has 27 heavy (non-hydrogen) atoms. The standard InChI is InChI=1S/C25H39NO/c1-18(2)12-20-8-10-24(11-9-20)19(3)25(27)15-23-13-21-6-5-7-22(14-23)17-26(4)16-21/h8-11,18-19,21-23H,5-7,12-17H2,1-4H3/t19-,21?,22?,23?/m1/s1. The third-order valence-electron chi connectivity index (χ3n) is 6.79. The number of carbonyl (C=O) groups is 1. The van der Waals surface area contributed by atoms with E-state index < -0.39 is 0 Å². The Morgan fingerprint density at radius 1 is 1.04 bits per heavy atom. The van der Waals surface area contributed by atoms with Crippen molar-refractivity contribution in [2.75, 3.05) is 20.1 Å². The van der Waals surface area contributed by atoms with Gasteiger partial charge in [0.05, 0.1) is 0 Å². The van der Waals surface area contributed by atoms with E-state index in [2.05, 4.69) is 57.0 Å². The molecule has 0 amide bonds. The number of hydrogen-bond acceptors (Lipinski definition) is 2. The zero-order chi connectivity index (χ0) is 19.4. The van der Waals surface area contributed by atoms with Crippen LogP contribution in [0.5, 0.6) is 0 Å². The molecule has 1 aromatic rings. The van der Waals surface area contributed by atoms with Crippen molar-refractivity contribution in [2.24, 2.45) is 23.7 Å². The second-order valence-corrected chi connectivity index (χ2v) is 9.95. The lowest BCUT2D eigenvalue weighted by molar-refractivity contribution is -0.121. The van der Waals surface area contributed by atoms with Gasteiger partial charge in [-0.3, -0.25) is 4.79 Å². The van der Waals surface area contributed by atoms with Gasteiger partial charge in [0, 0.05) is 25.4 Å². The highest BCUT2D eigenvalue weighted by Gasteiger charge is 2.31. The van der Waals surface area contributed by atoms with E-state index >= 15 is 0 Å². The molecule has 1 saturated carbocycles. The van der Waals surface area contributed by atoms with Crippen LogP contribution >= 0.6 is 0 Å². The molecule has 3 atom stereocenters. The summed E-state index contributed by atoms with van der Waals surface area (Å²) >= 11 is 0. The average Bonchev–Trinajstić information content (AvgIpc) is 2.56. The number of carbonyl (C=O) groups excluding carboxylic acids is 1. The molecule has 0 aromatic heterocycles. The number of rotatable bonds is 6. The first-order valence-electron chi connectivity index (χ1n) is 11.2. The molecule has 3 fully saturated rings. The first-order chi connectivity index (χ1) is 12.9. The third-order valence-corrected chi connectivity index (χ3v) is 6.79. The van der Waals surface area contributed by atoms with Gasteiger partial charge in [0.25, 0.3) is 0 Å². The molecule has 0 N–H and O–H groups in total. The molecule has 2 bridgehead atoms. The van der Waals surface area contributed by atoms with Crippen molar-refractivity contribution in [3.05, 3.63) is 35.4 Å². The second kappa shape index (κ2) is 9.37. The topological polar surface area (TPSA) is 20.3 Å². The van der Waals surface area contributed by atoms with Crippen LogP contribution in [0.1, 0.15) is 76.3 Å². The first-order valence-corrected chi connectivity index (χ1v) is 11.2. The van der Waals surface area contributed by atoms with Crippen LogP contribution in [0.4, 0.5) is 0 Å². The monoisotopic (exact) mass is 369 g/mol. The first kappa shape index (κ1) is 20.6. The largest absolute Gasteiger partial charge is 0.306 e. The molecule has 0 radical (unpaired) electrons. The van der Waals surface area contributed by atoms with E-state index in [4.69, 9.17) is 0 Å². The molecule has 2 aliphatic heterocycles. The van der Waals surface area contributed by atoms with Crippen LogP contribution in [0.25, 0.3) is 0 Å². The van der Waals surface area contributed by atoms with Crippen molar-refractivity contribution in [3.63, 3.8) is 0 Å². The summed E-state index contributed by atoms with van der Waals surface area (Å²) in [4.78, 5) is 15.6. The highest BCUT2D eigenvalue weighted by Crippen LogP contribution is 2.36. The van der Waals surface area contributed by atoms with Gasteiger partial charge in [-0.25, -0.2) is 0 Å². The highest BCUT2D eigenvalue weighted by atomic mass is 16.1. The molecule has 2 saturated heterocycles. The van der Waals surface area contributed by atoms with E-state index in [1.165, 1.54) is 56.3 Å². The molecular formula is C25H39NO. The zero-order valence-corrected chi connectivity index (χ0v) is 17.9. The van der Waals surface area contributed by atoms with Crippen LogP contribution < -0.4 is 0 Å². The van der Waals surface area contributed by atoms with E-state index in [0.717, 1.165) is 24.7 Å². The van der Waals surface area contributed by atoms with Gasteiger partial charge in [0.2, 0.25) is 0 Å². The fourth-order valence-electron chi connectivity index (χ4n) is 5.49. The summed E-state index contributed by atoms with van der Waals surface area (Å²) in [6.45, 7) is 9.07. The minimum absolute atomic E-state index is 0.0334. The van der Waals surface area contributed by atoms with Gasteiger partial charge < -0.3 is 4.90 Å². The van der Waals surface area contributed by atoms with Crippen LogP contribution in [-0.2, 0) is 11.2 Å². The van der Waals surface area contributed by atoms with Crippen LogP contribution in [-0.4, -0.2) is 30.8 Å². The Hall–Kier alpha value is -1.15. The Kier molecular flexibility index (Phi) is 7.14. The Morgan fingerprint density at radius 3 is 2.19 bits per heavy atom. The van der Waals surface area contributed by atoms with Crippen LogP contribution in [0, 0.1) is 23.7 Å². The smallest absolute Gasteiger partial charge is 0.140 e. The summed E-state index contributed by atoms with van der Waals surface area (Å²) in [6.07, 6.45) is 8.52. The van der Waals surface area contributed by atoms with Gasteiger partial charge in [-0.2, -0.15) is 0 Å². The molecule has 1 aliphatic carbocycles. The van der Waals surface area contributed by atoms with Gasteiger partial charge in [-0.15, -0.1) is 0 Å². The SMILES string of the molecule is CC(C)Cc1ccc([C@@H](C)C(=O)CC2CC3CCCC(C2)CN(C)C3)cc1. The fraction of sp³-hybridized carbons (Fsp3) is 0.720. The maximum Gasteiger partial charge on any atom is 0.140 e. The fourth-order valence-corrected chi connectivity index (χ4v) is 5.49. The lowest BCUT2D eigenvalue weighted by Gasteiger charge is -2.38. The van der Waals surface area contributed by atoms with Crippen molar-refractivity contribution in [2.45, 2.75) is 71.6 Å². The van der Waals surface area contributed by atoms with Gasteiger partial charge in [0.15, 0.2) is 0 Å². The van der Waals surface area contributed by atoms with Crippen molar-refractivity contribution in [3.8, 4) is 0 Å². The summed E-state index contributed by atoms with van der Waals surface area (Å²) in [6, 6.07) is 8.80. The summed E-state index contributed by atoms with van der Waals surface area (Å²) in [5.74, 6) is 3.34. The minimum Gasteiger partial charge on any atom is -0.306 e. The van der Waals surface area contributed by atoms with Crippen LogP contribution in [0.2, 0.25) is 0 Å². The Labute approximate surface area is 166 Å². The van der Waals surface area contributed by atoms with Crippen LogP contribution in [0.3, 0.4) is 0 Å². The zero-order valence-electron chi connectivity index (χ0n) is 17.9. The molecule has 0 spiro atoms. The third kappa shape index (κ3) is 5.91. The van der Waals surface area contributed by atoms with E-state index in [0.29, 0.717) is 17.6 Å². The molecule has 2 heteroatoms. The quantitative estimate of drug-likeness (QED) is 0.640. The number of benzene rings is 1. The number of ketones is 1. The molecule has 150 valence electrons. The van der Waals surface area contributed by atoms with Crippen molar-refractivity contribution >= 4 is 5.78 Å². The number of Topliss-reactive ketones (excluding diaryl/α,β-unsaturated/α-hetero) is 1. The molecule has 4 rings (SSSR count). The second-order valence-electron chi connectivity index (χ2n) is 9.95. The Balaban J connectivity index is 1.60. The molecular weight excluding hydrogens is 330 g/mol. The highest BCUT2D eigenvalue weighted by molar-refractivity contribution is 5.85. The van der Waals surface area contributed by atoms with Crippen LogP contribution in [0.15, 0.2) is 24.3 Å². The summed E-state index contributed by atoms with van der Waals surface area (Å²) in [5, 5.41) is 0. The van der Waals surface area contributed by atoms with E-state index in [9.17, 15) is 4.79 Å². The van der Waals surface area contributed by atoms with Gasteiger partial charge in [0.1, 0.15) is 5.78 Å². The van der Waals surface area contributed by atoms with E-state index in [1.807, 2.05) is 0 Å². The Bertz CT molecular complexity index is 589. The molecule has 2 nitrogen and oxygen atoms in total. The minimum atomic E-state index is 0.0334. The normalized spacial score (nSPS) is 27.8. The summed E-state index contributed by atoms with van der Waals surface area (Å²) in [7, 11) is 2.28. The van der Waals surface area contributed by atoms with Crippen molar-refractivity contribution in [1.29, 1.82) is 0 Å². The number of hydrogen-bond donors (Lipinski definition) is 0. The predicted octanol–water partition coefficient (Wildman–Crippen LogP) is 5.71. The van der Waals surface area contributed by atoms with Crippen molar-refractivity contribution < 1.29 is 4.79 Å². The number of nitrogens with zero attached hydrogens (tertiary/aromatic N) is 1. The average molecular weight is 370 g/mol. The predicted molar refractivity (Wildman–Crippen MR) is 114 cm³/mol. The summed E-state index contributed by atoms with van der Waals surface area (Å²) < 4.78 is 0. The lowest BCUT2D eigenvalue weighted by Crippen LogP contribution is -2.38. The van der Waals surface area contributed by atoms with E-state index in [-0.39, 0.29) is 5.92 Å². The lowest BCUT2D eigenvalue weighted by atomic mass is 9.74. The van der Waals surface area contributed by atoms with E-state index in [1.54, 1.807) is 0 Å². The van der Waals surface area contributed by atoms with Gasteiger partial charge in [-0.05, 0) is 74.0 Å². The molecule has 2 unspecified atom stereocenters. The number of fused-ring (bicyclic) bond motifs is 6. The molecule has 3 aliphatic rings. The van der Waals surface area contributed by atoms with Gasteiger partial charge >= 0.3 is 0 Å². The van der Waals surface area contributed by atoms with Gasteiger partial charge in [-0.1, -0.05) is 51.5 Å². The molecule has 2 heterocycles. The van der Waals surface area contributed by atoms with Crippen molar-refractivity contribution in [1.82, 2.24) is 4.90 Å². The maximum atomic E-state index is 13.0.